The first-order chi connectivity index (χ1) is 7.97. The third kappa shape index (κ3) is 4.24. The van der Waals surface area contributed by atoms with Crippen LogP contribution < -0.4 is 10.6 Å². The van der Waals surface area contributed by atoms with Crippen molar-refractivity contribution in [3.63, 3.8) is 0 Å². The Balaban J connectivity index is 2.35. The van der Waals surface area contributed by atoms with E-state index in [9.17, 15) is 9.59 Å². The van der Waals surface area contributed by atoms with Gasteiger partial charge in [-0.05, 0) is 25.2 Å². The molecular weight excluding hydrogens is 220 g/mol. The second kappa shape index (κ2) is 5.89. The van der Waals surface area contributed by atoms with E-state index in [4.69, 9.17) is 5.11 Å². The van der Waals surface area contributed by atoms with Gasteiger partial charge in [0.25, 0.3) is 0 Å². The number of carbonyl (C=O) groups is 2. The van der Waals surface area contributed by atoms with Crippen molar-refractivity contribution in [3.8, 4) is 0 Å². The molecule has 1 aliphatic carbocycles. The highest BCUT2D eigenvalue weighted by atomic mass is 16.4. The van der Waals surface area contributed by atoms with Gasteiger partial charge in [0, 0.05) is 6.54 Å². The molecule has 5 nitrogen and oxygen atoms in total. The molecule has 0 bridgehead atoms. The fourth-order valence-electron chi connectivity index (χ4n) is 1.94. The van der Waals surface area contributed by atoms with Crippen molar-refractivity contribution in [2.24, 2.45) is 5.92 Å². The molecule has 17 heavy (non-hydrogen) atoms. The van der Waals surface area contributed by atoms with Crippen LogP contribution in [0.1, 0.15) is 46.0 Å². The summed E-state index contributed by atoms with van der Waals surface area (Å²) in [5.74, 6) is -0.413. The number of amides is 2. The average molecular weight is 242 g/mol. The smallest absolute Gasteiger partial charge is 0.315 e. The molecule has 0 aliphatic heterocycles. The minimum Gasteiger partial charge on any atom is -0.481 e. The second-order valence-electron chi connectivity index (χ2n) is 5.05. The summed E-state index contributed by atoms with van der Waals surface area (Å²) in [7, 11) is 0. The van der Waals surface area contributed by atoms with E-state index in [1.807, 2.05) is 0 Å². The molecule has 0 aromatic rings. The molecule has 0 saturated heterocycles. The lowest BCUT2D eigenvalue weighted by Crippen LogP contribution is -2.57. The van der Waals surface area contributed by atoms with Crippen LogP contribution in [-0.2, 0) is 4.79 Å². The summed E-state index contributed by atoms with van der Waals surface area (Å²) in [6.45, 7) is 4.77. The summed E-state index contributed by atoms with van der Waals surface area (Å²) < 4.78 is 0. The fourth-order valence-corrected chi connectivity index (χ4v) is 1.94. The quantitative estimate of drug-likeness (QED) is 0.663. The van der Waals surface area contributed by atoms with Gasteiger partial charge in [-0.2, -0.15) is 0 Å². The van der Waals surface area contributed by atoms with Gasteiger partial charge in [-0.25, -0.2) is 4.79 Å². The summed E-state index contributed by atoms with van der Waals surface area (Å²) in [6, 6.07) is -0.244. The van der Waals surface area contributed by atoms with Crippen molar-refractivity contribution in [3.05, 3.63) is 0 Å². The molecule has 0 heterocycles. The van der Waals surface area contributed by atoms with E-state index in [0.717, 1.165) is 25.7 Å². The monoisotopic (exact) mass is 242 g/mol. The molecule has 3 N–H and O–H groups in total. The first-order valence-corrected chi connectivity index (χ1v) is 6.25. The predicted molar refractivity (Wildman–Crippen MR) is 64.8 cm³/mol. The Morgan fingerprint density at radius 3 is 2.47 bits per heavy atom. The van der Waals surface area contributed by atoms with Gasteiger partial charge in [0.15, 0.2) is 0 Å². The number of hydrogen-bond acceptors (Lipinski definition) is 2. The van der Waals surface area contributed by atoms with Gasteiger partial charge < -0.3 is 15.7 Å². The van der Waals surface area contributed by atoms with Crippen LogP contribution in [0.3, 0.4) is 0 Å². The number of urea groups is 1. The Kier molecular flexibility index (Phi) is 4.78. The Hall–Kier alpha value is -1.26. The summed E-state index contributed by atoms with van der Waals surface area (Å²) in [5, 5.41) is 14.4. The van der Waals surface area contributed by atoms with Crippen molar-refractivity contribution in [1.29, 1.82) is 0 Å². The molecule has 0 aromatic heterocycles. The Morgan fingerprint density at radius 1 is 1.41 bits per heavy atom. The number of rotatable bonds is 6. The van der Waals surface area contributed by atoms with Crippen LogP contribution >= 0.6 is 0 Å². The lowest BCUT2D eigenvalue weighted by atomic mass is 9.74. The summed E-state index contributed by atoms with van der Waals surface area (Å²) in [6.07, 6.45) is 3.54. The molecule has 2 amide bonds. The highest BCUT2D eigenvalue weighted by Gasteiger charge is 2.40. The van der Waals surface area contributed by atoms with E-state index in [0.29, 0.717) is 12.5 Å². The first-order valence-electron chi connectivity index (χ1n) is 6.25. The number of aliphatic carboxylic acids is 1. The van der Waals surface area contributed by atoms with Crippen LogP contribution in [0.25, 0.3) is 0 Å². The zero-order valence-electron chi connectivity index (χ0n) is 10.6. The summed E-state index contributed by atoms with van der Waals surface area (Å²) >= 11 is 0. The first kappa shape index (κ1) is 13.8. The lowest BCUT2D eigenvalue weighted by molar-refractivity contribution is -0.139. The molecule has 0 spiro atoms. The maximum Gasteiger partial charge on any atom is 0.315 e. The van der Waals surface area contributed by atoms with Gasteiger partial charge in [0.2, 0.25) is 0 Å². The third-order valence-electron chi connectivity index (χ3n) is 3.49. The van der Waals surface area contributed by atoms with Crippen molar-refractivity contribution < 1.29 is 14.7 Å². The van der Waals surface area contributed by atoms with Crippen LogP contribution in [0.15, 0.2) is 0 Å². The molecule has 1 atom stereocenters. The maximum absolute atomic E-state index is 11.6. The number of carboxylic acid groups (broad SMARTS) is 1. The molecule has 1 rings (SSSR count). The predicted octanol–water partition coefficient (Wildman–Crippen LogP) is 1.73. The molecule has 0 aromatic carbocycles. The molecule has 1 unspecified atom stereocenters. The Morgan fingerprint density at radius 2 is 2.06 bits per heavy atom. The van der Waals surface area contributed by atoms with E-state index < -0.39 is 11.5 Å². The standard InChI is InChI=1S/C12H22N2O3/c1-3-9(2)8-13-11(17)14-12(5-4-6-12)7-10(15)16/h9H,3-8H2,1-2H3,(H,15,16)(H2,13,14,17). The Labute approximate surface area is 102 Å². The van der Waals surface area contributed by atoms with Crippen LogP contribution in [0.5, 0.6) is 0 Å². The van der Waals surface area contributed by atoms with Crippen LogP contribution in [0.4, 0.5) is 4.79 Å². The van der Waals surface area contributed by atoms with E-state index in [-0.39, 0.29) is 12.5 Å². The number of carboxylic acids is 1. The van der Waals surface area contributed by atoms with Gasteiger partial charge >= 0.3 is 12.0 Å². The number of carbonyl (C=O) groups excluding carboxylic acids is 1. The van der Waals surface area contributed by atoms with Crippen molar-refractivity contribution >= 4 is 12.0 Å². The third-order valence-corrected chi connectivity index (χ3v) is 3.49. The van der Waals surface area contributed by atoms with Gasteiger partial charge in [-0.15, -0.1) is 0 Å². The Bertz CT molecular complexity index is 287. The molecule has 98 valence electrons. The van der Waals surface area contributed by atoms with E-state index in [1.165, 1.54) is 0 Å². The highest BCUT2D eigenvalue weighted by Crippen LogP contribution is 2.34. The van der Waals surface area contributed by atoms with Gasteiger partial charge in [0.05, 0.1) is 12.0 Å². The zero-order valence-corrected chi connectivity index (χ0v) is 10.6. The highest BCUT2D eigenvalue weighted by molar-refractivity contribution is 5.77. The minimum atomic E-state index is -0.855. The van der Waals surface area contributed by atoms with Gasteiger partial charge in [0.1, 0.15) is 0 Å². The van der Waals surface area contributed by atoms with Crippen LogP contribution in [-0.4, -0.2) is 29.2 Å². The van der Waals surface area contributed by atoms with Crippen molar-refractivity contribution in [1.82, 2.24) is 10.6 Å². The second-order valence-corrected chi connectivity index (χ2v) is 5.05. The molecule has 1 fully saturated rings. The van der Waals surface area contributed by atoms with E-state index in [2.05, 4.69) is 24.5 Å². The minimum absolute atomic E-state index is 0.0176. The van der Waals surface area contributed by atoms with Gasteiger partial charge in [-0.3, -0.25) is 4.79 Å². The van der Waals surface area contributed by atoms with Crippen LogP contribution in [0.2, 0.25) is 0 Å². The molecule has 1 aliphatic rings. The molecule has 1 saturated carbocycles. The normalized spacial score (nSPS) is 18.9. The molecular formula is C12H22N2O3. The molecule has 5 heteroatoms. The van der Waals surface area contributed by atoms with Crippen molar-refractivity contribution in [2.75, 3.05) is 6.54 Å². The largest absolute Gasteiger partial charge is 0.481 e. The van der Waals surface area contributed by atoms with Crippen molar-refractivity contribution in [2.45, 2.75) is 51.5 Å². The molecule has 0 radical (unpaired) electrons. The summed E-state index contributed by atoms with van der Waals surface area (Å²) in [5.41, 5.74) is -0.509. The number of nitrogens with one attached hydrogen (secondary N) is 2. The lowest BCUT2D eigenvalue weighted by Gasteiger charge is -2.41. The number of hydrogen-bond donors (Lipinski definition) is 3. The van der Waals surface area contributed by atoms with Crippen LogP contribution in [0, 0.1) is 5.92 Å². The summed E-state index contributed by atoms with van der Waals surface area (Å²) in [4.78, 5) is 22.4. The fraction of sp³-hybridized carbons (Fsp3) is 0.833. The van der Waals surface area contributed by atoms with Gasteiger partial charge in [-0.1, -0.05) is 20.3 Å². The van der Waals surface area contributed by atoms with E-state index >= 15 is 0 Å². The SMILES string of the molecule is CCC(C)CNC(=O)NC1(CC(=O)O)CCC1. The average Bonchev–Trinajstić information content (AvgIpc) is 2.22. The maximum atomic E-state index is 11.6. The zero-order chi connectivity index (χ0) is 12.9. The topological polar surface area (TPSA) is 78.4 Å². The van der Waals surface area contributed by atoms with E-state index in [1.54, 1.807) is 0 Å².